The van der Waals surface area contributed by atoms with E-state index in [9.17, 15) is 0 Å². The lowest BCUT2D eigenvalue weighted by Crippen LogP contribution is -1.83. The molecule has 0 N–H and O–H groups in total. The van der Waals surface area contributed by atoms with Crippen molar-refractivity contribution < 1.29 is 0 Å². The number of nitrogens with zero attached hydrogens (tertiary/aromatic N) is 2. The summed E-state index contributed by atoms with van der Waals surface area (Å²) in [6.45, 7) is 0. The summed E-state index contributed by atoms with van der Waals surface area (Å²) in [6, 6.07) is 9.66. The number of hydrogen-bond donors (Lipinski definition) is 0. The molecule has 2 heterocycles. The molecule has 0 fully saturated rings. The van der Waals surface area contributed by atoms with E-state index in [1.165, 1.54) is 0 Å². The second-order valence-electron chi connectivity index (χ2n) is 3.87. The van der Waals surface area contributed by atoms with Gasteiger partial charge in [-0.3, -0.25) is 0 Å². The van der Waals surface area contributed by atoms with Crippen LogP contribution >= 0.6 is 43.5 Å². The van der Waals surface area contributed by atoms with E-state index >= 15 is 0 Å². The van der Waals surface area contributed by atoms with Gasteiger partial charge in [-0.25, -0.2) is 4.98 Å². The van der Waals surface area contributed by atoms with Crippen LogP contribution in [0.5, 0.6) is 0 Å². The predicted molar refractivity (Wildman–Crippen MR) is 81.0 cm³/mol. The highest BCUT2D eigenvalue weighted by Crippen LogP contribution is 2.27. The van der Waals surface area contributed by atoms with Crippen LogP contribution in [0.1, 0.15) is 0 Å². The van der Waals surface area contributed by atoms with Crippen LogP contribution < -0.4 is 0 Å². The van der Waals surface area contributed by atoms with Crippen molar-refractivity contribution in [1.29, 1.82) is 0 Å². The smallest absolute Gasteiger partial charge is 0.151 e. The van der Waals surface area contributed by atoms with Gasteiger partial charge < -0.3 is 4.40 Å². The topological polar surface area (TPSA) is 17.3 Å². The Morgan fingerprint density at radius 2 is 1.94 bits per heavy atom. The van der Waals surface area contributed by atoms with E-state index in [1.54, 1.807) is 0 Å². The highest BCUT2D eigenvalue weighted by molar-refractivity contribution is 9.11. The van der Waals surface area contributed by atoms with E-state index < -0.39 is 0 Å². The fourth-order valence-corrected chi connectivity index (χ4v) is 3.30. The molecule has 0 bridgehead atoms. The predicted octanol–water partition coefficient (Wildman–Crippen LogP) is 5.18. The molecule has 1 aromatic carbocycles. The zero-order valence-electron chi connectivity index (χ0n) is 9.07. The summed E-state index contributed by atoms with van der Waals surface area (Å²) in [5.74, 6) is 0. The summed E-state index contributed by atoms with van der Waals surface area (Å²) in [5.41, 5.74) is 2.79. The third-order valence-corrected chi connectivity index (χ3v) is 3.85. The average Bonchev–Trinajstić information content (AvgIpc) is 2.73. The van der Waals surface area contributed by atoms with Gasteiger partial charge in [0.2, 0.25) is 0 Å². The molecule has 2 aromatic heterocycles. The summed E-state index contributed by atoms with van der Waals surface area (Å²) in [4.78, 5) is 4.60. The summed E-state index contributed by atoms with van der Waals surface area (Å²) in [6.07, 6.45) is 3.96. The lowest BCUT2D eigenvalue weighted by atomic mass is 10.2. The Bertz CT molecular complexity index is 737. The van der Waals surface area contributed by atoms with Gasteiger partial charge >= 0.3 is 0 Å². The minimum absolute atomic E-state index is 0.713. The van der Waals surface area contributed by atoms with Crippen LogP contribution in [0.4, 0.5) is 0 Å². The quantitative estimate of drug-likeness (QED) is 0.563. The van der Waals surface area contributed by atoms with Crippen molar-refractivity contribution in [3.05, 3.63) is 56.7 Å². The van der Waals surface area contributed by atoms with Crippen LogP contribution in [0, 0.1) is 0 Å². The minimum Gasteiger partial charge on any atom is -0.304 e. The van der Waals surface area contributed by atoms with Gasteiger partial charge in [0.15, 0.2) is 5.65 Å². The van der Waals surface area contributed by atoms with Gasteiger partial charge in [-0.05, 0) is 50.1 Å². The normalized spacial score (nSPS) is 11.1. The van der Waals surface area contributed by atoms with Gasteiger partial charge in [0, 0.05) is 27.5 Å². The fraction of sp³-hybridized carbons (Fsp3) is 0. The van der Waals surface area contributed by atoms with Gasteiger partial charge in [0.25, 0.3) is 0 Å². The molecule has 0 radical (unpaired) electrons. The first-order chi connectivity index (χ1) is 8.63. The van der Waals surface area contributed by atoms with Crippen LogP contribution in [0.2, 0.25) is 5.02 Å². The van der Waals surface area contributed by atoms with Crippen LogP contribution in [0.15, 0.2) is 51.7 Å². The Kier molecular flexibility index (Phi) is 3.18. The summed E-state index contributed by atoms with van der Waals surface area (Å²) in [5, 5.41) is 0.713. The maximum absolute atomic E-state index is 6.00. The highest BCUT2D eigenvalue weighted by atomic mass is 79.9. The largest absolute Gasteiger partial charge is 0.304 e. The molecule has 3 aromatic rings. The fourth-order valence-electron chi connectivity index (χ4n) is 1.81. The van der Waals surface area contributed by atoms with E-state index in [2.05, 4.69) is 36.8 Å². The van der Waals surface area contributed by atoms with Gasteiger partial charge in [-0.15, -0.1) is 0 Å². The lowest BCUT2D eigenvalue weighted by molar-refractivity contribution is 1.17. The number of pyridine rings is 1. The molecular weight excluding hydrogens is 379 g/mol. The molecule has 5 heteroatoms. The molecule has 2 nitrogen and oxygen atoms in total. The molecule has 0 aliphatic heterocycles. The SMILES string of the molecule is Clc1cccc(-c2cn3cc(Br)cc(Br)c3n2)c1. The zero-order chi connectivity index (χ0) is 12.7. The summed E-state index contributed by atoms with van der Waals surface area (Å²) in [7, 11) is 0. The number of fused-ring (bicyclic) bond motifs is 1. The number of hydrogen-bond acceptors (Lipinski definition) is 1. The van der Waals surface area contributed by atoms with Gasteiger partial charge in [-0.2, -0.15) is 0 Å². The monoisotopic (exact) mass is 384 g/mol. The molecule has 0 aliphatic rings. The lowest BCUT2D eigenvalue weighted by Gasteiger charge is -1.96. The Hall–Kier alpha value is -0.840. The molecule has 0 aliphatic carbocycles. The van der Waals surface area contributed by atoms with Crippen LogP contribution in [-0.2, 0) is 0 Å². The van der Waals surface area contributed by atoms with Crippen molar-refractivity contribution in [2.45, 2.75) is 0 Å². The number of rotatable bonds is 1. The molecule has 0 amide bonds. The van der Waals surface area contributed by atoms with E-state index in [0.29, 0.717) is 5.02 Å². The van der Waals surface area contributed by atoms with Gasteiger partial charge in [0.05, 0.1) is 10.2 Å². The second kappa shape index (κ2) is 4.68. The molecule has 18 heavy (non-hydrogen) atoms. The van der Waals surface area contributed by atoms with E-state index in [1.807, 2.05) is 47.1 Å². The molecule has 3 rings (SSSR count). The van der Waals surface area contributed by atoms with Crippen molar-refractivity contribution in [3.8, 4) is 11.3 Å². The van der Waals surface area contributed by atoms with Crippen molar-refractivity contribution in [2.75, 3.05) is 0 Å². The third kappa shape index (κ3) is 2.20. The van der Waals surface area contributed by atoms with Crippen molar-refractivity contribution in [1.82, 2.24) is 9.38 Å². The molecule has 0 spiro atoms. The standard InChI is InChI=1S/C13H7Br2ClN2/c14-9-5-11(15)13-17-12(7-18(13)6-9)8-2-1-3-10(16)4-8/h1-7H. The van der Waals surface area contributed by atoms with Gasteiger partial charge in [0.1, 0.15) is 0 Å². The Labute approximate surface area is 126 Å². The zero-order valence-corrected chi connectivity index (χ0v) is 13.0. The maximum atomic E-state index is 6.00. The molecule has 90 valence electrons. The van der Waals surface area contributed by atoms with Crippen molar-refractivity contribution in [3.63, 3.8) is 0 Å². The first kappa shape index (κ1) is 12.2. The highest BCUT2D eigenvalue weighted by Gasteiger charge is 2.08. The minimum atomic E-state index is 0.713. The number of aromatic nitrogens is 2. The maximum Gasteiger partial charge on any atom is 0.151 e. The third-order valence-electron chi connectivity index (χ3n) is 2.59. The van der Waals surface area contributed by atoms with E-state index in [4.69, 9.17) is 11.6 Å². The molecule has 0 atom stereocenters. The first-order valence-electron chi connectivity index (χ1n) is 5.23. The Morgan fingerprint density at radius 3 is 2.72 bits per heavy atom. The number of imidazole rings is 1. The Morgan fingerprint density at radius 1 is 1.11 bits per heavy atom. The van der Waals surface area contributed by atoms with Crippen LogP contribution in [-0.4, -0.2) is 9.38 Å². The summed E-state index contributed by atoms with van der Waals surface area (Å²) >= 11 is 13.0. The molecule has 0 saturated heterocycles. The molecule has 0 saturated carbocycles. The van der Waals surface area contributed by atoms with Gasteiger partial charge in [-0.1, -0.05) is 23.7 Å². The van der Waals surface area contributed by atoms with Crippen molar-refractivity contribution in [2.24, 2.45) is 0 Å². The van der Waals surface area contributed by atoms with Crippen molar-refractivity contribution >= 4 is 49.1 Å². The first-order valence-corrected chi connectivity index (χ1v) is 7.19. The van der Waals surface area contributed by atoms with Crippen LogP contribution in [0.25, 0.3) is 16.9 Å². The van der Waals surface area contributed by atoms with E-state index in [-0.39, 0.29) is 0 Å². The molecular formula is C13H7Br2ClN2. The molecule has 0 unspecified atom stereocenters. The average molecular weight is 386 g/mol. The number of benzene rings is 1. The number of halogens is 3. The van der Waals surface area contributed by atoms with E-state index in [0.717, 1.165) is 25.8 Å². The van der Waals surface area contributed by atoms with Crippen LogP contribution in [0.3, 0.4) is 0 Å². The summed E-state index contributed by atoms with van der Waals surface area (Å²) < 4.78 is 3.92. The second-order valence-corrected chi connectivity index (χ2v) is 6.08. The Balaban J connectivity index is 2.22.